The molecule has 1 heterocycles. The van der Waals surface area contributed by atoms with E-state index in [0.29, 0.717) is 16.6 Å². The molecule has 0 unspecified atom stereocenters. The summed E-state index contributed by atoms with van der Waals surface area (Å²) in [5.41, 5.74) is 0.818. The van der Waals surface area contributed by atoms with Crippen LogP contribution in [0.25, 0.3) is 0 Å². The van der Waals surface area contributed by atoms with Crippen LogP contribution in [-0.2, 0) is 0 Å². The van der Waals surface area contributed by atoms with Crippen LogP contribution in [0.1, 0.15) is 10.4 Å². The number of benzene rings is 1. The van der Waals surface area contributed by atoms with Gasteiger partial charge >= 0.3 is 5.97 Å². The Labute approximate surface area is 101 Å². The number of aromatic nitrogens is 2. The summed E-state index contributed by atoms with van der Waals surface area (Å²) in [5, 5.41) is 12.6. The SMILES string of the molecule is COc1cc(Nc2ncns2)ccc1C(=O)O. The highest BCUT2D eigenvalue weighted by molar-refractivity contribution is 7.09. The fraction of sp³-hybridized carbons (Fsp3) is 0.100. The molecule has 1 aromatic heterocycles. The number of aromatic carboxylic acids is 1. The van der Waals surface area contributed by atoms with E-state index in [4.69, 9.17) is 9.84 Å². The van der Waals surface area contributed by atoms with Gasteiger partial charge in [0.15, 0.2) is 0 Å². The van der Waals surface area contributed by atoms with Crippen molar-refractivity contribution in [3.05, 3.63) is 30.1 Å². The van der Waals surface area contributed by atoms with Crippen LogP contribution >= 0.6 is 11.5 Å². The highest BCUT2D eigenvalue weighted by Crippen LogP contribution is 2.25. The molecule has 2 N–H and O–H groups in total. The van der Waals surface area contributed by atoms with Gasteiger partial charge in [0.1, 0.15) is 17.6 Å². The van der Waals surface area contributed by atoms with Crippen LogP contribution in [0, 0.1) is 0 Å². The molecule has 17 heavy (non-hydrogen) atoms. The predicted octanol–water partition coefficient (Wildman–Crippen LogP) is 1.99. The molecule has 0 bridgehead atoms. The van der Waals surface area contributed by atoms with Gasteiger partial charge in [0.2, 0.25) is 5.13 Å². The summed E-state index contributed by atoms with van der Waals surface area (Å²) in [5.74, 6) is -0.726. The molecule has 0 radical (unpaired) electrons. The summed E-state index contributed by atoms with van der Waals surface area (Å²) in [6.07, 6.45) is 1.44. The molecule has 2 rings (SSSR count). The smallest absolute Gasteiger partial charge is 0.339 e. The summed E-state index contributed by atoms with van der Waals surface area (Å²) < 4.78 is 8.86. The number of carboxylic acids is 1. The molecule has 0 aliphatic rings. The molecule has 1 aromatic carbocycles. The van der Waals surface area contributed by atoms with Crippen LogP contribution in [0.15, 0.2) is 24.5 Å². The number of anilines is 2. The Morgan fingerprint density at radius 1 is 1.53 bits per heavy atom. The topological polar surface area (TPSA) is 84.3 Å². The first-order valence-corrected chi connectivity index (χ1v) is 5.43. The second kappa shape index (κ2) is 4.79. The molecule has 88 valence electrons. The quantitative estimate of drug-likeness (QED) is 0.864. The van der Waals surface area contributed by atoms with E-state index in [1.807, 2.05) is 0 Å². The zero-order valence-corrected chi connectivity index (χ0v) is 9.69. The third kappa shape index (κ3) is 2.51. The number of nitrogens with zero attached hydrogens (tertiary/aromatic N) is 2. The van der Waals surface area contributed by atoms with Crippen molar-refractivity contribution < 1.29 is 14.6 Å². The summed E-state index contributed by atoms with van der Waals surface area (Å²) in [6, 6.07) is 4.72. The molecule has 0 atom stereocenters. The van der Waals surface area contributed by atoms with Crippen LogP contribution in [-0.4, -0.2) is 27.5 Å². The number of rotatable bonds is 4. The van der Waals surface area contributed by atoms with E-state index in [2.05, 4.69) is 14.7 Å². The first-order chi connectivity index (χ1) is 8.20. The van der Waals surface area contributed by atoms with Crippen molar-refractivity contribution in [1.29, 1.82) is 0 Å². The first kappa shape index (κ1) is 11.3. The van der Waals surface area contributed by atoms with Crippen molar-refractivity contribution in [2.24, 2.45) is 0 Å². The van der Waals surface area contributed by atoms with Gasteiger partial charge in [-0.05, 0) is 12.1 Å². The second-order valence-corrected chi connectivity index (χ2v) is 3.87. The van der Waals surface area contributed by atoms with Gasteiger partial charge in [-0.15, -0.1) is 0 Å². The van der Waals surface area contributed by atoms with Crippen LogP contribution in [0.4, 0.5) is 10.8 Å². The zero-order chi connectivity index (χ0) is 12.3. The lowest BCUT2D eigenvalue weighted by molar-refractivity contribution is 0.0693. The fourth-order valence-electron chi connectivity index (χ4n) is 1.30. The Bertz CT molecular complexity index is 528. The molecule has 7 heteroatoms. The van der Waals surface area contributed by atoms with E-state index in [-0.39, 0.29) is 5.56 Å². The zero-order valence-electron chi connectivity index (χ0n) is 8.88. The Kier molecular flexibility index (Phi) is 3.20. The van der Waals surface area contributed by atoms with Crippen molar-refractivity contribution in [1.82, 2.24) is 9.36 Å². The normalized spacial score (nSPS) is 9.94. The molecule has 0 aliphatic carbocycles. The molecule has 2 aromatic rings. The summed E-state index contributed by atoms with van der Waals surface area (Å²) in [4.78, 5) is 14.9. The Morgan fingerprint density at radius 3 is 2.94 bits per heavy atom. The first-order valence-electron chi connectivity index (χ1n) is 4.65. The maximum atomic E-state index is 10.9. The van der Waals surface area contributed by atoms with Crippen LogP contribution in [0.3, 0.4) is 0 Å². The molecule has 0 aliphatic heterocycles. The molecule has 0 saturated heterocycles. The van der Waals surface area contributed by atoms with E-state index in [9.17, 15) is 4.79 Å². The summed E-state index contributed by atoms with van der Waals surface area (Å²) in [7, 11) is 1.43. The Morgan fingerprint density at radius 2 is 2.35 bits per heavy atom. The van der Waals surface area contributed by atoms with Gasteiger partial charge in [0.25, 0.3) is 0 Å². The van der Waals surface area contributed by atoms with Gasteiger partial charge in [-0.1, -0.05) is 0 Å². The standard InChI is InChI=1S/C10H9N3O3S/c1-16-8-4-6(2-3-7(8)9(14)15)13-10-11-5-12-17-10/h2-5H,1H3,(H,14,15)(H,11,12,13). The minimum atomic E-state index is -1.02. The monoisotopic (exact) mass is 251 g/mol. The maximum Gasteiger partial charge on any atom is 0.339 e. The summed E-state index contributed by atoms with van der Waals surface area (Å²) >= 11 is 1.21. The predicted molar refractivity (Wildman–Crippen MR) is 63.1 cm³/mol. The fourth-order valence-corrected chi connectivity index (χ4v) is 1.75. The van der Waals surface area contributed by atoms with Gasteiger partial charge in [0, 0.05) is 23.3 Å². The lowest BCUT2D eigenvalue weighted by Crippen LogP contribution is -2.01. The average Bonchev–Trinajstić information content (AvgIpc) is 2.81. The van der Waals surface area contributed by atoms with E-state index >= 15 is 0 Å². The number of hydrogen-bond acceptors (Lipinski definition) is 6. The largest absolute Gasteiger partial charge is 0.496 e. The van der Waals surface area contributed by atoms with Crippen molar-refractivity contribution in [2.45, 2.75) is 0 Å². The van der Waals surface area contributed by atoms with Crippen LogP contribution < -0.4 is 10.1 Å². The van der Waals surface area contributed by atoms with Crippen molar-refractivity contribution >= 4 is 28.3 Å². The number of ether oxygens (including phenoxy) is 1. The lowest BCUT2D eigenvalue weighted by Gasteiger charge is -2.07. The van der Waals surface area contributed by atoms with E-state index < -0.39 is 5.97 Å². The van der Waals surface area contributed by atoms with E-state index in [1.165, 1.54) is 31.0 Å². The van der Waals surface area contributed by atoms with Crippen molar-refractivity contribution in [2.75, 3.05) is 12.4 Å². The maximum absolute atomic E-state index is 10.9. The molecule has 0 fully saturated rings. The number of nitrogens with one attached hydrogen (secondary N) is 1. The van der Waals surface area contributed by atoms with Crippen LogP contribution in [0.2, 0.25) is 0 Å². The van der Waals surface area contributed by atoms with Gasteiger partial charge in [-0.2, -0.15) is 4.37 Å². The number of carbonyl (C=O) groups is 1. The lowest BCUT2D eigenvalue weighted by atomic mass is 10.2. The van der Waals surface area contributed by atoms with Gasteiger partial charge in [-0.25, -0.2) is 9.78 Å². The van der Waals surface area contributed by atoms with Crippen molar-refractivity contribution in [3.63, 3.8) is 0 Å². The molecular weight excluding hydrogens is 242 g/mol. The van der Waals surface area contributed by atoms with Crippen molar-refractivity contribution in [3.8, 4) is 5.75 Å². The number of hydrogen-bond donors (Lipinski definition) is 2. The van der Waals surface area contributed by atoms with E-state index in [1.54, 1.807) is 12.1 Å². The van der Waals surface area contributed by atoms with Gasteiger partial charge in [0.05, 0.1) is 7.11 Å². The van der Waals surface area contributed by atoms with E-state index in [0.717, 1.165) is 0 Å². The average molecular weight is 251 g/mol. The Hall–Kier alpha value is -2.15. The second-order valence-electron chi connectivity index (χ2n) is 3.09. The van der Waals surface area contributed by atoms with Gasteiger partial charge < -0.3 is 15.2 Å². The van der Waals surface area contributed by atoms with Gasteiger partial charge in [-0.3, -0.25) is 0 Å². The highest BCUT2D eigenvalue weighted by Gasteiger charge is 2.11. The molecule has 0 amide bonds. The molecule has 6 nitrogen and oxygen atoms in total. The number of carboxylic acid groups (broad SMARTS) is 1. The number of methoxy groups -OCH3 is 1. The molecular formula is C10H9N3O3S. The molecule has 0 spiro atoms. The summed E-state index contributed by atoms with van der Waals surface area (Å²) in [6.45, 7) is 0. The highest BCUT2D eigenvalue weighted by atomic mass is 32.1. The minimum absolute atomic E-state index is 0.121. The van der Waals surface area contributed by atoms with Crippen LogP contribution in [0.5, 0.6) is 5.75 Å². The minimum Gasteiger partial charge on any atom is -0.496 e. The molecule has 0 saturated carbocycles. The third-order valence-electron chi connectivity index (χ3n) is 2.04. The third-order valence-corrected chi connectivity index (χ3v) is 2.62. The Balaban J connectivity index is 2.28.